The molecule has 2 aromatic carbocycles. The molecular weight excluding hydrogens is 612 g/mol. The number of hydrogen-bond acceptors (Lipinski definition) is 3. The number of hydrogen-bond donors (Lipinski definition) is 1. The van der Waals surface area contributed by atoms with Crippen LogP contribution in [0.25, 0.3) is 0 Å². The number of likely N-dealkylation sites (tertiary alicyclic amines) is 2. The van der Waals surface area contributed by atoms with Crippen molar-refractivity contribution >= 4 is 70.6 Å². The molecule has 2 aliphatic heterocycles. The number of nitrogens with zero attached hydrogens (tertiary/aromatic N) is 2. The van der Waals surface area contributed by atoms with Gasteiger partial charge in [-0.2, -0.15) is 0 Å². The minimum Gasteiger partial charge on any atom is -0.369 e. The standard InChI is InChI=1S/C30H37Cl4N3O2.ClH/c1-29(2,28(35)39)21-6-11-36(12-7-21)13-9-30(22-4-5-25(33)26(34)17-22)8-3-10-37(19-30)27(38)16-20-14-23(31)18-24(32)15-20;/h4-5,14-15,17-18,21H,3,6-13,16,19H2,1-2H3,(H2,35,39);1H. The molecule has 0 saturated carbocycles. The Balaban J connectivity index is 0.00000441. The molecule has 220 valence electrons. The van der Waals surface area contributed by atoms with Gasteiger partial charge in [0.2, 0.25) is 11.8 Å². The van der Waals surface area contributed by atoms with Gasteiger partial charge >= 0.3 is 0 Å². The van der Waals surface area contributed by atoms with E-state index in [0.29, 0.717) is 33.2 Å². The van der Waals surface area contributed by atoms with Crippen molar-refractivity contribution in [2.75, 3.05) is 32.7 Å². The minimum atomic E-state index is -0.495. The SMILES string of the molecule is CC(C)(C(N)=O)C1CCN(CCC2(c3ccc(Cl)c(Cl)c3)CCCN(C(=O)Cc3cc(Cl)cc(Cl)c3)C2)CC1.Cl. The van der Waals surface area contributed by atoms with Crippen LogP contribution < -0.4 is 5.73 Å². The van der Waals surface area contributed by atoms with Gasteiger partial charge in [-0.1, -0.05) is 66.3 Å². The summed E-state index contributed by atoms with van der Waals surface area (Å²) in [5, 5.41) is 2.10. The van der Waals surface area contributed by atoms with Gasteiger partial charge in [-0.25, -0.2) is 0 Å². The van der Waals surface area contributed by atoms with Crippen molar-refractivity contribution in [1.29, 1.82) is 0 Å². The van der Waals surface area contributed by atoms with Crippen molar-refractivity contribution in [2.24, 2.45) is 17.1 Å². The molecule has 1 atom stereocenters. The zero-order valence-corrected chi connectivity index (χ0v) is 26.9. The molecular formula is C30H38Cl5N3O2. The van der Waals surface area contributed by atoms with Crippen LogP contribution in [0.4, 0.5) is 0 Å². The molecule has 5 nitrogen and oxygen atoms in total. The summed E-state index contributed by atoms with van der Waals surface area (Å²) < 4.78 is 0. The highest BCUT2D eigenvalue weighted by Crippen LogP contribution is 2.41. The molecule has 4 rings (SSSR count). The third-order valence-electron chi connectivity index (χ3n) is 8.89. The maximum absolute atomic E-state index is 13.5. The smallest absolute Gasteiger partial charge is 0.227 e. The highest BCUT2D eigenvalue weighted by atomic mass is 35.5. The summed E-state index contributed by atoms with van der Waals surface area (Å²) in [6.07, 6.45) is 4.90. The molecule has 40 heavy (non-hydrogen) atoms. The van der Waals surface area contributed by atoms with Gasteiger partial charge in [0.1, 0.15) is 0 Å². The third kappa shape index (κ3) is 7.79. The fraction of sp³-hybridized carbons (Fsp3) is 0.533. The van der Waals surface area contributed by atoms with Crippen LogP contribution in [0.2, 0.25) is 20.1 Å². The van der Waals surface area contributed by atoms with Crippen LogP contribution in [-0.2, 0) is 21.4 Å². The Morgan fingerprint density at radius 2 is 1.62 bits per heavy atom. The number of nitrogens with two attached hydrogens (primary N) is 1. The molecule has 0 aromatic heterocycles. The predicted molar refractivity (Wildman–Crippen MR) is 168 cm³/mol. The summed E-state index contributed by atoms with van der Waals surface area (Å²) in [5.41, 5.74) is 6.87. The van der Waals surface area contributed by atoms with E-state index in [4.69, 9.17) is 52.1 Å². The summed E-state index contributed by atoms with van der Waals surface area (Å²) in [4.78, 5) is 29.9. The first kappa shape index (κ1) is 33.3. The predicted octanol–water partition coefficient (Wildman–Crippen LogP) is 7.44. The largest absolute Gasteiger partial charge is 0.369 e. The van der Waals surface area contributed by atoms with Gasteiger partial charge in [0.15, 0.2) is 0 Å². The quantitative estimate of drug-likeness (QED) is 0.323. The van der Waals surface area contributed by atoms with Crippen LogP contribution in [0.3, 0.4) is 0 Å². The molecule has 2 heterocycles. The Kier molecular flexibility index (Phi) is 11.5. The van der Waals surface area contributed by atoms with Crippen LogP contribution in [-0.4, -0.2) is 54.3 Å². The van der Waals surface area contributed by atoms with Gasteiger partial charge in [0.05, 0.1) is 16.5 Å². The van der Waals surface area contributed by atoms with Crippen molar-refractivity contribution < 1.29 is 9.59 Å². The fourth-order valence-corrected chi connectivity index (χ4v) is 7.08. The highest BCUT2D eigenvalue weighted by molar-refractivity contribution is 6.42. The van der Waals surface area contributed by atoms with Crippen molar-refractivity contribution in [3.05, 3.63) is 67.6 Å². The number of piperidine rings is 2. The number of rotatable bonds is 8. The van der Waals surface area contributed by atoms with E-state index in [1.165, 1.54) is 0 Å². The molecule has 2 amide bonds. The van der Waals surface area contributed by atoms with E-state index in [0.717, 1.165) is 62.9 Å². The number of benzene rings is 2. The summed E-state index contributed by atoms with van der Waals surface area (Å²) in [5.74, 6) is 0.122. The van der Waals surface area contributed by atoms with Gasteiger partial charge in [-0.3, -0.25) is 9.59 Å². The summed E-state index contributed by atoms with van der Waals surface area (Å²) in [7, 11) is 0. The lowest BCUT2D eigenvalue weighted by molar-refractivity contribution is -0.133. The molecule has 2 aliphatic rings. The second kappa shape index (κ2) is 13.8. The number of halogens is 5. The van der Waals surface area contributed by atoms with Crippen molar-refractivity contribution in [3.8, 4) is 0 Å². The number of amides is 2. The van der Waals surface area contributed by atoms with Crippen LogP contribution in [0.1, 0.15) is 57.1 Å². The van der Waals surface area contributed by atoms with Crippen molar-refractivity contribution in [1.82, 2.24) is 9.80 Å². The van der Waals surface area contributed by atoms with Gasteiger partial charge in [0.25, 0.3) is 0 Å². The first-order valence-corrected chi connectivity index (χ1v) is 15.1. The van der Waals surface area contributed by atoms with Gasteiger partial charge in [0, 0.05) is 34.0 Å². The lowest BCUT2D eigenvalue weighted by atomic mass is 9.71. The Labute approximate surface area is 264 Å². The molecule has 10 heteroatoms. The van der Waals surface area contributed by atoms with E-state index in [-0.39, 0.29) is 42.0 Å². The first-order valence-electron chi connectivity index (χ1n) is 13.6. The van der Waals surface area contributed by atoms with E-state index in [9.17, 15) is 9.59 Å². The fourth-order valence-electron chi connectivity index (χ4n) is 6.21. The Morgan fingerprint density at radius 3 is 2.23 bits per heavy atom. The normalized spacial score (nSPS) is 20.7. The molecule has 1 unspecified atom stereocenters. The Morgan fingerprint density at radius 1 is 0.975 bits per heavy atom. The molecule has 2 aromatic rings. The summed E-state index contributed by atoms with van der Waals surface area (Å²) in [6.45, 7) is 8.00. The van der Waals surface area contributed by atoms with E-state index in [1.807, 2.05) is 30.9 Å². The molecule has 0 aliphatic carbocycles. The number of carbonyl (C=O) groups excluding carboxylic acids is 2. The number of primary amides is 1. The van der Waals surface area contributed by atoms with Gasteiger partial charge < -0.3 is 15.5 Å². The lowest BCUT2D eigenvalue weighted by Gasteiger charge is -2.45. The average molecular weight is 650 g/mol. The van der Waals surface area contributed by atoms with Crippen LogP contribution in [0.15, 0.2) is 36.4 Å². The summed E-state index contributed by atoms with van der Waals surface area (Å²) in [6, 6.07) is 11.1. The monoisotopic (exact) mass is 647 g/mol. The third-order valence-corrected chi connectivity index (χ3v) is 10.1. The molecule has 2 saturated heterocycles. The van der Waals surface area contributed by atoms with E-state index in [1.54, 1.807) is 18.2 Å². The topological polar surface area (TPSA) is 66.6 Å². The molecule has 0 bridgehead atoms. The molecule has 0 spiro atoms. The minimum absolute atomic E-state index is 0. The van der Waals surface area contributed by atoms with Crippen molar-refractivity contribution in [3.63, 3.8) is 0 Å². The Bertz CT molecular complexity index is 1200. The maximum atomic E-state index is 13.5. The highest BCUT2D eigenvalue weighted by Gasteiger charge is 2.41. The lowest BCUT2D eigenvalue weighted by Crippen LogP contribution is -2.51. The molecule has 2 N–H and O–H groups in total. The first-order chi connectivity index (χ1) is 18.4. The average Bonchev–Trinajstić information content (AvgIpc) is 2.88. The van der Waals surface area contributed by atoms with E-state index in [2.05, 4.69) is 11.0 Å². The second-order valence-corrected chi connectivity index (χ2v) is 13.4. The van der Waals surface area contributed by atoms with E-state index < -0.39 is 5.41 Å². The number of carbonyl (C=O) groups is 2. The summed E-state index contributed by atoms with van der Waals surface area (Å²) >= 11 is 25.1. The maximum Gasteiger partial charge on any atom is 0.227 e. The van der Waals surface area contributed by atoms with Crippen LogP contribution in [0.5, 0.6) is 0 Å². The van der Waals surface area contributed by atoms with Crippen LogP contribution in [0, 0.1) is 11.3 Å². The second-order valence-electron chi connectivity index (χ2n) is 11.7. The zero-order chi connectivity index (χ0) is 28.4. The molecule has 0 radical (unpaired) electrons. The van der Waals surface area contributed by atoms with Crippen molar-refractivity contribution in [2.45, 2.75) is 57.8 Å². The van der Waals surface area contributed by atoms with E-state index >= 15 is 0 Å². The van der Waals surface area contributed by atoms with Gasteiger partial charge in [-0.05, 0) is 99.1 Å². The van der Waals surface area contributed by atoms with Gasteiger partial charge in [-0.15, -0.1) is 12.4 Å². The van der Waals surface area contributed by atoms with Crippen LogP contribution >= 0.6 is 58.8 Å². The zero-order valence-electron chi connectivity index (χ0n) is 23.0. The molecule has 2 fully saturated rings. The Hall–Kier alpha value is -1.21.